The van der Waals surface area contributed by atoms with E-state index in [9.17, 15) is 0 Å². The Kier molecular flexibility index (Phi) is 5.49. The number of rotatable bonds is 5. The molecule has 1 aromatic heterocycles. The molecule has 0 saturated heterocycles. The lowest BCUT2D eigenvalue weighted by Gasteiger charge is -2.29. The predicted octanol–water partition coefficient (Wildman–Crippen LogP) is 4.53. The van der Waals surface area contributed by atoms with Gasteiger partial charge in [0, 0.05) is 34.7 Å². The van der Waals surface area contributed by atoms with E-state index in [1.807, 2.05) is 18.3 Å². The molecule has 0 spiro atoms. The van der Waals surface area contributed by atoms with Gasteiger partial charge in [-0.25, -0.2) is 4.98 Å². The highest BCUT2D eigenvalue weighted by Gasteiger charge is 2.33. The van der Waals surface area contributed by atoms with E-state index >= 15 is 0 Å². The van der Waals surface area contributed by atoms with Gasteiger partial charge in [0.25, 0.3) is 0 Å². The molecule has 3 nitrogen and oxygen atoms in total. The van der Waals surface area contributed by atoms with Gasteiger partial charge in [0.2, 0.25) is 0 Å². The maximum Gasteiger partial charge on any atom is 0.180 e. The Hall–Kier alpha value is -0.810. The fourth-order valence-electron chi connectivity index (χ4n) is 2.50. The number of hydrogen-bond donors (Lipinski definition) is 1. The van der Waals surface area contributed by atoms with Gasteiger partial charge >= 0.3 is 0 Å². The highest BCUT2D eigenvalue weighted by Crippen LogP contribution is 2.36. The molecule has 0 radical (unpaired) electrons. The van der Waals surface area contributed by atoms with Gasteiger partial charge < -0.3 is 5.73 Å². The van der Waals surface area contributed by atoms with Crippen LogP contribution in [0.3, 0.4) is 0 Å². The van der Waals surface area contributed by atoms with Gasteiger partial charge in [-0.05, 0) is 37.5 Å². The second-order valence-electron chi connectivity index (χ2n) is 5.30. The van der Waals surface area contributed by atoms with E-state index in [4.69, 9.17) is 17.3 Å². The van der Waals surface area contributed by atoms with Gasteiger partial charge in [0.05, 0.1) is 0 Å². The van der Waals surface area contributed by atoms with Crippen molar-refractivity contribution in [2.24, 2.45) is 0 Å². The van der Waals surface area contributed by atoms with Crippen molar-refractivity contribution >= 4 is 40.5 Å². The lowest BCUT2D eigenvalue weighted by atomic mass is 10.1. The smallest absolute Gasteiger partial charge is 0.180 e. The molecule has 6 heteroatoms. The minimum atomic E-state index is 0. The van der Waals surface area contributed by atoms with E-state index in [0.717, 1.165) is 11.6 Å². The van der Waals surface area contributed by atoms with Crippen LogP contribution in [-0.4, -0.2) is 15.9 Å². The number of benzene rings is 1. The summed E-state index contributed by atoms with van der Waals surface area (Å²) in [4.78, 5) is 7.91. The van der Waals surface area contributed by atoms with Crippen LogP contribution in [0.5, 0.6) is 0 Å². The quantitative estimate of drug-likeness (QED) is 0.867. The lowest BCUT2D eigenvalue weighted by Crippen LogP contribution is -2.28. The molecule has 1 aliphatic rings. The van der Waals surface area contributed by atoms with Crippen molar-refractivity contribution in [3.8, 4) is 0 Å². The molecular weight excluding hydrogens is 325 g/mol. The lowest BCUT2D eigenvalue weighted by molar-refractivity contribution is 0.192. The third kappa shape index (κ3) is 4.10. The zero-order chi connectivity index (χ0) is 14.1. The van der Waals surface area contributed by atoms with Gasteiger partial charge in [0.15, 0.2) is 5.13 Å². The number of halogens is 2. The zero-order valence-electron chi connectivity index (χ0n) is 11.8. The van der Waals surface area contributed by atoms with Crippen LogP contribution in [0.15, 0.2) is 30.5 Å². The molecule has 2 N–H and O–H groups in total. The van der Waals surface area contributed by atoms with Crippen molar-refractivity contribution in [1.82, 2.24) is 9.88 Å². The SMILES string of the molecule is CC(c1ccc(Cl)cc1)N(Cc1cnc(N)s1)C1CC1.Cl. The minimum absolute atomic E-state index is 0. The summed E-state index contributed by atoms with van der Waals surface area (Å²) >= 11 is 7.55. The largest absolute Gasteiger partial charge is 0.375 e. The average molecular weight is 344 g/mol. The summed E-state index contributed by atoms with van der Waals surface area (Å²) in [5.74, 6) is 0. The molecule has 3 rings (SSSR count). The Bertz CT molecular complexity index is 581. The number of anilines is 1. The van der Waals surface area contributed by atoms with Gasteiger partial charge in [-0.2, -0.15) is 0 Å². The van der Waals surface area contributed by atoms with Crippen LogP contribution in [0.2, 0.25) is 5.02 Å². The van der Waals surface area contributed by atoms with Gasteiger partial charge in [-0.15, -0.1) is 23.7 Å². The van der Waals surface area contributed by atoms with Crippen molar-refractivity contribution in [3.05, 3.63) is 45.9 Å². The summed E-state index contributed by atoms with van der Waals surface area (Å²) in [7, 11) is 0. The first-order valence-electron chi connectivity index (χ1n) is 6.85. The molecule has 1 aliphatic carbocycles. The van der Waals surface area contributed by atoms with Gasteiger partial charge in [-0.3, -0.25) is 4.90 Å². The Morgan fingerprint density at radius 1 is 1.38 bits per heavy atom. The third-order valence-corrected chi connectivity index (χ3v) is 4.84. The topological polar surface area (TPSA) is 42.2 Å². The molecule has 21 heavy (non-hydrogen) atoms. The standard InChI is InChI=1S/C15H18ClN3S.ClH/c1-10(11-2-4-12(16)5-3-11)19(13-6-7-13)9-14-8-18-15(17)20-14;/h2-5,8,10,13H,6-7,9H2,1H3,(H2,17,18);1H. The Morgan fingerprint density at radius 2 is 2.05 bits per heavy atom. The monoisotopic (exact) mass is 343 g/mol. The fourth-order valence-corrected chi connectivity index (χ4v) is 3.32. The molecule has 2 aromatic rings. The van der Waals surface area contributed by atoms with Crippen LogP contribution in [0.4, 0.5) is 5.13 Å². The number of hydrogen-bond acceptors (Lipinski definition) is 4. The summed E-state index contributed by atoms with van der Waals surface area (Å²) in [6, 6.07) is 9.21. The third-order valence-electron chi connectivity index (χ3n) is 3.78. The Labute approximate surface area is 140 Å². The number of thiazole rings is 1. The van der Waals surface area contributed by atoms with E-state index < -0.39 is 0 Å². The molecule has 0 bridgehead atoms. The molecule has 114 valence electrons. The highest BCUT2D eigenvalue weighted by molar-refractivity contribution is 7.15. The molecule has 1 fully saturated rings. The van der Waals surface area contributed by atoms with E-state index in [2.05, 4.69) is 28.9 Å². The van der Waals surface area contributed by atoms with Crippen molar-refractivity contribution < 1.29 is 0 Å². The summed E-state index contributed by atoms with van der Waals surface area (Å²) < 4.78 is 0. The zero-order valence-corrected chi connectivity index (χ0v) is 14.2. The minimum Gasteiger partial charge on any atom is -0.375 e. The predicted molar refractivity (Wildman–Crippen MR) is 92.2 cm³/mol. The first kappa shape index (κ1) is 16.6. The molecular formula is C15H19Cl2N3S. The summed E-state index contributed by atoms with van der Waals surface area (Å²) in [5.41, 5.74) is 7.03. The van der Waals surface area contributed by atoms with E-state index in [1.165, 1.54) is 23.3 Å². The van der Waals surface area contributed by atoms with Crippen LogP contribution in [0.25, 0.3) is 0 Å². The summed E-state index contributed by atoms with van der Waals surface area (Å²) in [6.07, 6.45) is 4.46. The molecule has 1 aromatic carbocycles. The number of nitrogens with zero attached hydrogens (tertiary/aromatic N) is 2. The van der Waals surface area contributed by atoms with Crippen molar-refractivity contribution in [1.29, 1.82) is 0 Å². The van der Waals surface area contributed by atoms with Crippen LogP contribution in [0.1, 0.15) is 36.2 Å². The average Bonchev–Trinajstić information content (AvgIpc) is 3.19. The molecule has 0 aliphatic heterocycles. The van der Waals surface area contributed by atoms with E-state index in [1.54, 1.807) is 11.3 Å². The summed E-state index contributed by atoms with van der Waals surface area (Å²) in [6.45, 7) is 3.18. The second-order valence-corrected chi connectivity index (χ2v) is 6.88. The van der Waals surface area contributed by atoms with E-state index in [0.29, 0.717) is 17.2 Å². The van der Waals surface area contributed by atoms with Crippen LogP contribution < -0.4 is 5.73 Å². The molecule has 1 unspecified atom stereocenters. The van der Waals surface area contributed by atoms with E-state index in [-0.39, 0.29) is 12.4 Å². The van der Waals surface area contributed by atoms with Crippen molar-refractivity contribution in [2.45, 2.75) is 38.4 Å². The number of aromatic nitrogens is 1. The molecule has 1 atom stereocenters. The van der Waals surface area contributed by atoms with Gasteiger partial charge in [0.1, 0.15) is 0 Å². The second kappa shape index (κ2) is 6.97. The number of nitrogen functional groups attached to an aromatic ring is 1. The maximum atomic E-state index is 5.97. The van der Waals surface area contributed by atoms with Gasteiger partial charge in [-0.1, -0.05) is 23.7 Å². The van der Waals surface area contributed by atoms with Crippen molar-refractivity contribution in [3.63, 3.8) is 0 Å². The highest BCUT2D eigenvalue weighted by atomic mass is 35.5. The molecule has 1 heterocycles. The number of nitrogens with two attached hydrogens (primary N) is 1. The Morgan fingerprint density at radius 3 is 2.57 bits per heavy atom. The van der Waals surface area contributed by atoms with Crippen LogP contribution in [0, 0.1) is 0 Å². The van der Waals surface area contributed by atoms with Crippen molar-refractivity contribution in [2.75, 3.05) is 5.73 Å². The van der Waals surface area contributed by atoms with Crippen LogP contribution in [-0.2, 0) is 6.54 Å². The first-order chi connectivity index (χ1) is 9.63. The summed E-state index contributed by atoms with van der Waals surface area (Å²) in [5, 5.41) is 1.43. The first-order valence-corrected chi connectivity index (χ1v) is 8.04. The Balaban J connectivity index is 0.00000161. The molecule has 1 saturated carbocycles. The maximum absolute atomic E-state index is 5.97. The fraction of sp³-hybridized carbons (Fsp3) is 0.400. The molecule has 0 amide bonds. The normalized spacial score (nSPS) is 15.8. The van der Waals surface area contributed by atoms with Crippen LogP contribution >= 0.6 is 35.3 Å².